The Hall–Kier alpha value is -5.32. The normalized spacial score (nSPS) is 14.7. The van der Waals surface area contributed by atoms with E-state index in [2.05, 4.69) is 186 Å². The van der Waals surface area contributed by atoms with Crippen molar-refractivity contribution in [2.45, 2.75) is 329 Å². The third-order valence-electron chi connectivity index (χ3n) is 16.5. The van der Waals surface area contributed by atoms with Crippen molar-refractivity contribution in [3.8, 4) is 0 Å². The van der Waals surface area contributed by atoms with Gasteiger partial charge >= 0.3 is 39.5 Å². The van der Waals surface area contributed by atoms with Gasteiger partial charge in [-0.25, -0.2) is 9.13 Å². The number of unbranched alkanes of at least 4 members (excludes halogenated alkanes) is 23. The van der Waals surface area contributed by atoms with Crippen LogP contribution in [0.5, 0.6) is 0 Å². The Morgan fingerprint density at radius 1 is 0.274 bits per heavy atom. The highest BCUT2D eigenvalue weighted by atomic mass is 31.2. The quantitative estimate of drug-likeness (QED) is 0.0169. The molecule has 0 rings (SSSR count). The monoisotopic (exact) mass is 1520 g/mol. The molecule has 0 aromatic rings. The van der Waals surface area contributed by atoms with Gasteiger partial charge in [0.25, 0.3) is 0 Å². The van der Waals surface area contributed by atoms with E-state index in [0.29, 0.717) is 32.1 Å². The van der Waals surface area contributed by atoms with E-state index in [4.69, 9.17) is 37.0 Å². The summed E-state index contributed by atoms with van der Waals surface area (Å²) in [5, 5.41) is 10.7. The summed E-state index contributed by atoms with van der Waals surface area (Å²) in [6.45, 7) is 4.43. The summed E-state index contributed by atoms with van der Waals surface area (Å²) >= 11 is 0. The van der Waals surface area contributed by atoms with Crippen LogP contribution < -0.4 is 0 Å². The third kappa shape index (κ3) is 76.9. The number of carbonyl (C=O) groups is 4. The molecule has 0 fully saturated rings. The summed E-state index contributed by atoms with van der Waals surface area (Å²) in [5.41, 5.74) is 0. The number of hydrogen-bond donors (Lipinski definition) is 3. The number of phosphoric ester groups is 2. The van der Waals surface area contributed by atoms with Gasteiger partial charge in [-0.05, 0) is 167 Å². The summed E-state index contributed by atoms with van der Waals surface area (Å²) in [6, 6.07) is 0. The number of rotatable bonds is 75. The first-order chi connectivity index (χ1) is 51.7. The number of phosphoric acid groups is 2. The lowest BCUT2D eigenvalue weighted by Gasteiger charge is -2.21. The van der Waals surface area contributed by atoms with Crippen LogP contribution in [0.15, 0.2) is 158 Å². The second-order valence-corrected chi connectivity index (χ2v) is 29.5. The van der Waals surface area contributed by atoms with E-state index < -0.39 is 97.5 Å². The number of ether oxygens (including phenoxy) is 4. The molecule has 0 saturated carbocycles. The minimum Gasteiger partial charge on any atom is -0.462 e. The van der Waals surface area contributed by atoms with Crippen molar-refractivity contribution in [2.24, 2.45) is 0 Å². The van der Waals surface area contributed by atoms with Gasteiger partial charge < -0.3 is 33.8 Å². The van der Waals surface area contributed by atoms with Crippen LogP contribution in [0.1, 0.15) is 310 Å². The topological polar surface area (TPSA) is 237 Å². The van der Waals surface area contributed by atoms with Gasteiger partial charge in [-0.3, -0.25) is 37.3 Å². The fourth-order valence-corrected chi connectivity index (χ4v) is 11.9. The van der Waals surface area contributed by atoms with Crippen LogP contribution in [-0.4, -0.2) is 96.7 Å². The molecule has 106 heavy (non-hydrogen) atoms. The largest absolute Gasteiger partial charge is 0.472 e. The molecule has 604 valence electrons. The molecule has 0 aliphatic heterocycles. The fourth-order valence-electron chi connectivity index (χ4n) is 10.4. The zero-order valence-electron chi connectivity index (χ0n) is 66.1. The van der Waals surface area contributed by atoms with E-state index in [9.17, 15) is 43.2 Å². The molecule has 0 aliphatic rings. The lowest BCUT2D eigenvalue weighted by molar-refractivity contribution is -0.161. The molecule has 0 saturated heterocycles. The maximum atomic E-state index is 13.1. The highest BCUT2D eigenvalue weighted by molar-refractivity contribution is 7.47. The molecule has 19 heteroatoms. The molecule has 0 radical (unpaired) electrons. The maximum Gasteiger partial charge on any atom is 0.472 e. The first kappa shape index (κ1) is 101. The molecule has 5 atom stereocenters. The standard InChI is InChI=1S/C87H144O17P2/c1-5-9-13-17-21-25-29-33-37-39-40-42-46-48-52-56-60-64-68-72-85(90)98-78-83(104-87(92)74-70-66-62-58-54-50-44-36-32-28-24-20-16-12-8-4)80-102-106(95,96)100-76-81(88)75-99-105(93,94)101-79-82(103-86(91)73-69-65-61-57-53-49-43-35-31-27-23-19-15-11-7-3)77-97-84(89)71-67-63-59-55-51-47-45-41-38-34-30-26-22-18-14-10-6-2/h9-10,12-14,16,21-22,24-26,28,33-38,40,42-45,47,54,58,81-83,88H,5-8,11,15,17-20,23,27,29-32,39,41,46,48-53,55-57,59-80H2,1-4H3,(H,93,94)(H,95,96)/b13-9-,14-10-,16-12-,25-21-,26-22-,28-24-,37-33-,38-34-,42-40-,43-35-,44-36-,47-45-,58-54-. The number of hydrogen-bond acceptors (Lipinski definition) is 15. The smallest absolute Gasteiger partial charge is 0.462 e. The molecular formula is C87H144O17P2. The summed E-state index contributed by atoms with van der Waals surface area (Å²) in [6.07, 6.45) is 90.8. The van der Waals surface area contributed by atoms with E-state index >= 15 is 0 Å². The second kappa shape index (κ2) is 77.8. The molecule has 0 aliphatic carbocycles. The summed E-state index contributed by atoms with van der Waals surface area (Å²) in [4.78, 5) is 73.1. The van der Waals surface area contributed by atoms with Crippen molar-refractivity contribution >= 4 is 39.5 Å². The zero-order chi connectivity index (χ0) is 77.4. The number of aliphatic hydroxyl groups excluding tert-OH is 1. The molecule has 0 aromatic heterocycles. The van der Waals surface area contributed by atoms with Crippen molar-refractivity contribution in [3.05, 3.63) is 158 Å². The highest BCUT2D eigenvalue weighted by Gasteiger charge is 2.30. The second-order valence-electron chi connectivity index (χ2n) is 26.6. The molecule has 0 bridgehead atoms. The first-order valence-electron chi connectivity index (χ1n) is 40.7. The lowest BCUT2D eigenvalue weighted by Crippen LogP contribution is -2.30. The van der Waals surface area contributed by atoms with Crippen molar-refractivity contribution in [3.63, 3.8) is 0 Å². The average molecular weight is 1520 g/mol. The summed E-state index contributed by atoms with van der Waals surface area (Å²) < 4.78 is 68.6. The van der Waals surface area contributed by atoms with Crippen LogP contribution in [-0.2, 0) is 65.4 Å². The molecule has 0 amide bonds. The van der Waals surface area contributed by atoms with E-state index in [-0.39, 0.29) is 25.7 Å². The molecule has 5 unspecified atom stereocenters. The van der Waals surface area contributed by atoms with Gasteiger partial charge in [-0.2, -0.15) is 0 Å². The van der Waals surface area contributed by atoms with Gasteiger partial charge in [-0.1, -0.05) is 276 Å². The van der Waals surface area contributed by atoms with Gasteiger partial charge in [0.1, 0.15) is 19.3 Å². The first-order valence-corrected chi connectivity index (χ1v) is 43.7. The number of allylic oxidation sites excluding steroid dienone is 26. The van der Waals surface area contributed by atoms with Crippen LogP contribution in [0.25, 0.3) is 0 Å². The van der Waals surface area contributed by atoms with E-state index in [0.717, 1.165) is 186 Å². The molecule has 0 heterocycles. The van der Waals surface area contributed by atoms with Crippen molar-refractivity contribution in [1.29, 1.82) is 0 Å². The van der Waals surface area contributed by atoms with Gasteiger partial charge in [-0.15, -0.1) is 0 Å². The van der Waals surface area contributed by atoms with Gasteiger partial charge in [0, 0.05) is 25.7 Å². The van der Waals surface area contributed by atoms with Crippen molar-refractivity contribution in [1.82, 2.24) is 0 Å². The Morgan fingerprint density at radius 2 is 0.491 bits per heavy atom. The maximum absolute atomic E-state index is 13.1. The van der Waals surface area contributed by atoms with E-state index in [1.807, 2.05) is 0 Å². The fraction of sp³-hybridized carbons (Fsp3) is 0.655. The highest BCUT2D eigenvalue weighted by Crippen LogP contribution is 2.45. The number of aliphatic hydroxyl groups is 1. The van der Waals surface area contributed by atoms with Crippen molar-refractivity contribution in [2.75, 3.05) is 39.6 Å². The Balaban J connectivity index is 5.44. The third-order valence-corrected chi connectivity index (χ3v) is 18.4. The number of esters is 4. The van der Waals surface area contributed by atoms with Crippen LogP contribution in [0.4, 0.5) is 0 Å². The predicted octanol–water partition coefficient (Wildman–Crippen LogP) is 24.0. The zero-order valence-corrected chi connectivity index (χ0v) is 67.8. The molecule has 0 aromatic carbocycles. The van der Waals surface area contributed by atoms with Crippen LogP contribution >= 0.6 is 15.6 Å². The van der Waals surface area contributed by atoms with Crippen LogP contribution in [0, 0.1) is 0 Å². The van der Waals surface area contributed by atoms with Crippen molar-refractivity contribution < 1.29 is 80.2 Å². The van der Waals surface area contributed by atoms with E-state index in [1.54, 1.807) is 0 Å². The van der Waals surface area contributed by atoms with E-state index in [1.165, 1.54) is 38.5 Å². The Bertz CT molecular complexity index is 2630. The Morgan fingerprint density at radius 3 is 0.783 bits per heavy atom. The molecular weight excluding hydrogens is 1380 g/mol. The van der Waals surface area contributed by atoms with Crippen LogP contribution in [0.3, 0.4) is 0 Å². The predicted molar refractivity (Wildman–Crippen MR) is 436 cm³/mol. The van der Waals surface area contributed by atoms with Gasteiger partial charge in [0.05, 0.1) is 26.4 Å². The summed E-state index contributed by atoms with van der Waals surface area (Å²) in [5.74, 6) is -2.28. The van der Waals surface area contributed by atoms with Gasteiger partial charge in [0.15, 0.2) is 12.2 Å². The molecule has 17 nitrogen and oxygen atoms in total. The molecule has 0 spiro atoms. The Kier molecular flexibility index (Phi) is 73.9. The summed E-state index contributed by atoms with van der Waals surface area (Å²) in [7, 11) is -10.00. The Labute approximate surface area is 642 Å². The molecule has 3 N–H and O–H groups in total. The number of carbonyl (C=O) groups excluding carboxylic acids is 4. The average Bonchev–Trinajstić information content (AvgIpc) is 0.909. The van der Waals surface area contributed by atoms with Gasteiger partial charge in [0.2, 0.25) is 0 Å². The lowest BCUT2D eigenvalue weighted by atomic mass is 10.1. The SMILES string of the molecule is CC/C=C\C/C=C\C/C=C\C/C=C\CCCCCCCCC(=O)OCC(COP(=O)(O)OCC(O)COP(=O)(O)OCC(COC(=O)CCCCCC/C=C\C/C=C\C/C=C\C/C=C\CC)OC(=O)CCCCCCC/C=C\CCCCCCCC)OC(=O)CCCC/C=C\C/C=C\C/C=C\C/C=C\CC. The minimum absolute atomic E-state index is 0.0338. The van der Waals surface area contributed by atoms with Crippen LogP contribution in [0.2, 0.25) is 0 Å². The minimum atomic E-state index is -5.00.